The van der Waals surface area contributed by atoms with Crippen LogP contribution in [0.3, 0.4) is 0 Å². The highest BCUT2D eigenvalue weighted by atomic mass is 32.1. The largest absolute Gasteiger partial charge is 0.395 e. The summed E-state index contributed by atoms with van der Waals surface area (Å²) in [6.45, 7) is 2.50. The second-order valence-corrected chi connectivity index (χ2v) is 6.24. The minimum atomic E-state index is 0.202. The summed E-state index contributed by atoms with van der Waals surface area (Å²) in [5, 5.41) is 9.04. The van der Waals surface area contributed by atoms with Gasteiger partial charge in [0.05, 0.1) is 6.61 Å². The second-order valence-electron chi connectivity index (χ2n) is 5.51. The van der Waals surface area contributed by atoms with Gasteiger partial charge in [0.1, 0.15) is 0 Å². The van der Waals surface area contributed by atoms with E-state index >= 15 is 0 Å². The molecule has 0 fully saturated rings. The zero-order valence-electron chi connectivity index (χ0n) is 12.4. The molecule has 0 aromatic heterocycles. The molecule has 0 amide bonds. The van der Waals surface area contributed by atoms with E-state index in [9.17, 15) is 0 Å². The Morgan fingerprint density at radius 3 is 1.50 bits per heavy atom. The van der Waals surface area contributed by atoms with Crippen molar-refractivity contribution < 1.29 is 5.11 Å². The maximum absolute atomic E-state index is 8.84. The van der Waals surface area contributed by atoms with Crippen LogP contribution < -0.4 is 0 Å². The molecule has 110 valence electrons. The van der Waals surface area contributed by atoms with Gasteiger partial charge < -0.3 is 5.11 Å². The smallest absolute Gasteiger partial charge is 0.0547 e. The zero-order chi connectivity index (χ0) is 13.5. The summed E-state index contributed by atoms with van der Waals surface area (Å²) < 4.78 is 0. The minimum absolute atomic E-state index is 0.202. The van der Waals surface area contributed by atoms with E-state index in [2.05, 4.69) is 19.6 Å². The van der Waals surface area contributed by atoms with Crippen LogP contribution in [-0.4, -0.2) is 17.0 Å². The van der Waals surface area contributed by atoms with Crippen LogP contribution in [-0.2, 0) is 0 Å². The average Bonchev–Trinajstić information content (AvgIpc) is 2.39. The summed E-state index contributed by atoms with van der Waals surface area (Å²) in [7, 11) is 0. The van der Waals surface area contributed by atoms with E-state index in [1.807, 2.05) is 0 Å². The molecular formula is C16H34OS. The molecule has 0 radical (unpaired) electrons. The SMILES string of the molecule is CCCCCCCCCCCCCCC(S)CO. The van der Waals surface area contributed by atoms with E-state index in [1.165, 1.54) is 77.0 Å². The first-order valence-electron chi connectivity index (χ1n) is 8.10. The van der Waals surface area contributed by atoms with Crippen molar-refractivity contribution in [2.45, 2.75) is 95.6 Å². The van der Waals surface area contributed by atoms with Gasteiger partial charge in [0, 0.05) is 5.25 Å². The summed E-state index contributed by atoms with van der Waals surface area (Å²) in [6, 6.07) is 0. The van der Waals surface area contributed by atoms with Gasteiger partial charge in [-0.3, -0.25) is 0 Å². The van der Waals surface area contributed by atoms with E-state index in [-0.39, 0.29) is 11.9 Å². The van der Waals surface area contributed by atoms with Gasteiger partial charge in [-0.25, -0.2) is 0 Å². The van der Waals surface area contributed by atoms with Crippen molar-refractivity contribution in [3.8, 4) is 0 Å². The molecule has 0 aliphatic carbocycles. The molecule has 0 rings (SSSR count). The fourth-order valence-electron chi connectivity index (χ4n) is 2.31. The van der Waals surface area contributed by atoms with E-state index in [1.54, 1.807) is 0 Å². The van der Waals surface area contributed by atoms with Gasteiger partial charge in [-0.15, -0.1) is 0 Å². The van der Waals surface area contributed by atoms with Gasteiger partial charge in [0.25, 0.3) is 0 Å². The zero-order valence-corrected chi connectivity index (χ0v) is 13.3. The Kier molecular flexibility index (Phi) is 15.6. The van der Waals surface area contributed by atoms with E-state index in [0.29, 0.717) is 0 Å². The number of rotatable bonds is 14. The van der Waals surface area contributed by atoms with Gasteiger partial charge in [-0.2, -0.15) is 12.6 Å². The highest BCUT2D eigenvalue weighted by molar-refractivity contribution is 7.81. The molecule has 1 nitrogen and oxygen atoms in total. The number of unbranched alkanes of at least 4 members (excludes halogenated alkanes) is 11. The van der Waals surface area contributed by atoms with Gasteiger partial charge in [0.15, 0.2) is 0 Å². The molecule has 0 heterocycles. The Morgan fingerprint density at radius 1 is 0.722 bits per heavy atom. The lowest BCUT2D eigenvalue weighted by Gasteiger charge is -2.06. The fourth-order valence-corrected chi connectivity index (χ4v) is 2.49. The molecule has 0 aromatic rings. The Morgan fingerprint density at radius 2 is 1.11 bits per heavy atom. The van der Waals surface area contributed by atoms with Crippen LogP contribution in [0.5, 0.6) is 0 Å². The lowest BCUT2D eigenvalue weighted by molar-refractivity contribution is 0.289. The van der Waals surface area contributed by atoms with Gasteiger partial charge in [-0.05, 0) is 6.42 Å². The Labute approximate surface area is 120 Å². The number of aliphatic hydroxyl groups is 1. The summed E-state index contributed by atoms with van der Waals surface area (Å²) >= 11 is 4.29. The molecule has 0 aromatic carbocycles. The summed E-state index contributed by atoms with van der Waals surface area (Å²) in [4.78, 5) is 0. The first-order chi connectivity index (χ1) is 8.81. The fraction of sp³-hybridized carbons (Fsp3) is 1.00. The number of hydrogen-bond acceptors (Lipinski definition) is 2. The van der Waals surface area contributed by atoms with Gasteiger partial charge in [-0.1, -0.05) is 84.0 Å². The lowest BCUT2D eigenvalue weighted by atomic mass is 10.0. The summed E-state index contributed by atoms with van der Waals surface area (Å²) in [5.74, 6) is 0. The quantitative estimate of drug-likeness (QED) is 0.322. The normalized spacial score (nSPS) is 12.8. The minimum Gasteiger partial charge on any atom is -0.395 e. The number of aliphatic hydroxyl groups excluding tert-OH is 1. The van der Waals surface area contributed by atoms with E-state index in [0.717, 1.165) is 6.42 Å². The number of thiol groups is 1. The van der Waals surface area contributed by atoms with Crippen LogP contribution in [0.2, 0.25) is 0 Å². The van der Waals surface area contributed by atoms with Crippen molar-refractivity contribution >= 4 is 12.6 Å². The monoisotopic (exact) mass is 274 g/mol. The third-order valence-corrected chi connectivity index (χ3v) is 4.02. The summed E-state index contributed by atoms with van der Waals surface area (Å²) in [5.41, 5.74) is 0. The molecule has 1 unspecified atom stereocenters. The molecular weight excluding hydrogens is 240 g/mol. The van der Waals surface area contributed by atoms with Gasteiger partial charge >= 0.3 is 0 Å². The van der Waals surface area contributed by atoms with E-state index < -0.39 is 0 Å². The second kappa shape index (κ2) is 15.4. The van der Waals surface area contributed by atoms with Crippen molar-refractivity contribution in [1.82, 2.24) is 0 Å². The van der Waals surface area contributed by atoms with E-state index in [4.69, 9.17) is 5.11 Å². The third-order valence-electron chi connectivity index (χ3n) is 3.60. The molecule has 1 N–H and O–H groups in total. The van der Waals surface area contributed by atoms with Crippen LogP contribution in [0.1, 0.15) is 90.4 Å². The van der Waals surface area contributed by atoms with Crippen molar-refractivity contribution in [3.63, 3.8) is 0 Å². The average molecular weight is 275 g/mol. The molecule has 0 bridgehead atoms. The van der Waals surface area contributed by atoms with Crippen LogP contribution in [0, 0.1) is 0 Å². The molecule has 18 heavy (non-hydrogen) atoms. The standard InChI is InChI=1S/C16H34OS/c1-2-3-4-5-6-7-8-9-10-11-12-13-14-16(18)15-17/h16-18H,2-15H2,1H3. The van der Waals surface area contributed by atoms with Crippen LogP contribution in [0.4, 0.5) is 0 Å². The first-order valence-corrected chi connectivity index (χ1v) is 8.61. The molecule has 0 aliphatic rings. The summed E-state index contributed by atoms with van der Waals surface area (Å²) in [6.07, 6.45) is 17.7. The topological polar surface area (TPSA) is 20.2 Å². The third kappa shape index (κ3) is 14.4. The molecule has 2 heteroatoms. The Hall–Kier alpha value is 0.310. The van der Waals surface area contributed by atoms with Crippen molar-refractivity contribution in [3.05, 3.63) is 0 Å². The number of hydrogen-bond donors (Lipinski definition) is 2. The molecule has 1 atom stereocenters. The first kappa shape index (κ1) is 18.3. The highest BCUT2D eigenvalue weighted by Crippen LogP contribution is 2.13. The maximum atomic E-state index is 8.84. The van der Waals surface area contributed by atoms with Crippen LogP contribution in [0.25, 0.3) is 0 Å². The predicted molar refractivity (Wildman–Crippen MR) is 85.6 cm³/mol. The Bertz CT molecular complexity index is 150. The Balaban J connectivity index is 2.94. The van der Waals surface area contributed by atoms with Crippen LogP contribution >= 0.6 is 12.6 Å². The molecule has 0 saturated heterocycles. The lowest BCUT2D eigenvalue weighted by Crippen LogP contribution is -2.03. The van der Waals surface area contributed by atoms with Crippen molar-refractivity contribution in [2.24, 2.45) is 0 Å². The molecule has 0 aliphatic heterocycles. The predicted octanol–water partition coefficient (Wildman–Crippen LogP) is 5.37. The molecule has 0 spiro atoms. The van der Waals surface area contributed by atoms with Crippen LogP contribution in [0.15, 0.2) is 0 Å². The van der Waals surface area contributed by atoms with Gasteiger partial charge in [0.2, 0.25) is 0 Å². The molecule has 0 saturated carbocycles. The highest BCUT2D eigenvalue weighted by Gasteiger charge is 1.99. The van der Waals surface area contributed by atoms with Crippen molar-refractivity contribution in [1.29, 1.82) is 0 Å². The van der Waals surface area contributed by atoms with Crippen molar-refractivity contribution in [2.75, 3.05) is 6.61 Å². The maximum Gasteiger partial charge on any atom is 0.0547 e.